The highest BCUT2D eigenvalue weighted by atomic mass is 16.2. The van der Waals surface area contributed by atoms with Crippen molar-refractivity contribution in [1.29, 1.82) is 0 Å². The number of aromatic amines is 1. The number of hydrogen-bond donors (Lipinski definition) is 3. The van der Waals surface area contributed by atoms with E-state index in [2.05, 4.69) is 44.9 Å². The topological polar surface area (TPSA) is 82.7 Å². The molecule has 0 aliphatic rings. The number of aryl methyl sites for hydroxylation is 2. The molecule has 6 nitrogen and oxygen atoms in total. The number of anilines is 1. The van der Waals surface area contributed by atoms with Crippen LogP contribution in [0.5, 0.6) is 0 Å². The van der Waals surface area contributed by atoms with Crippen LogP contribution in [0.3, 0.4) is 0 Å². The molecule has 3 N–H and O–H groups in total. The Morgan fingerprint density at radius 1 is 1.23 bits per heavy atom. The Hall–Kier alpha value is -2.37. The molecule has 2 amide bonds. The average molecular weight is 301 g/mol. The Morgan fingerprint density at radius 2 is 2.00 bits per heavy atom. The number of H-pyrrole nitrogens is 1. The number of aromatic nitrogens is 3. The maximum absolute atomic E-state index is 11.8. The summed E-state index contributed by atoms with van der Waals surface area (Å²) in [5, 5.41) is 12.4. The number of hydrogen-bond acceptors (Lipinski definition) is 3. The van der Waals surface area contributed by atoms with Gasteiger partial charge in [0.15, 0.2) is 5.82 Å². The minimum atomic E-state index is -0.214. The van der Waals surface area contributed by atoms with E-state index in [9.17, 15) is 4.79 Å². The van der Waals surface area contributed by atoms with E-state index in [0.29, 0.717) is 18.8 Å². The lowest BCUT2D eigenvalue weighted by atomic mass is 10.1. The van der Waals surface area contributed by atoms with Gasteiger partial charge in [0.05, 0.1) is 0 Å². The van der Waals surface area contributed by atoms with Crippen LogP contribution in [0.4, 0.5) is 10.5 Å². The van der Waals surface area contributed by atoms with Gasteiger partial charge in [-0.05, 0) is 37.5 Å². The van der Waals surface area contributed by atoms with Crippen molar-refractivity contribution >= 4 is 11.7 Å². The summed E-state index contributed by atoms with van der Waals surface area (Å²) in [5.41, 5.74) is 2.10. The van der Waals surface area contributed by atoms with Gasteiger partial charge in [-0.3, -0.25) is 5.10 Å². The Bertz CT molecular complexity index is 591. The van der Waals surface area contributed by atoms with Crippen LogP contribution in [0.25, 0.3) is 0 Å². The van der Waals surface area contributed by atoms with Crippen LogP contribution in [0, 0.1) is 6.92 Å². The Kier molecular flexibility index (Phi) is 5.94. The van der Waals surface area contributed by atoms with Gasteiger partial charge in [0.2, 0.25) is 0 Å². The third-order valence-corrected chi connectivity index (χ3v) is 3.31. The summed E-state index contributed by atoms with van der Waals surface area (Å²) < 4.78 is 0. The van der Waals surface area contributed by atoms with Gasteiger partial charge in [0.25, 0.3) is 0 Å². The van der Waals surface area contributed by atoms with Gasteiger partial charge in [-0.1, -0.05) is 25.5 Å². The second kappa shape index (κ2) is 8.17. The molecule has 0 aliphatic carbocycles. The van der Waals surface area contributed by atoms with E-state index in [4.69, 9.17) is 0 Å². The fraction of sp³-hybridized carbons (Fsp3) is 0.438. The molecular formula is C16H23N5O. The van der Waals surface area contributed by atoms with Gasteiger partial charge < -0.3 is 10.6 Å². The van der Waals surface area contributed by atoms with Crippen LogP contribution in [-0.4, -0.2) is 27.8 Å². The van der Waals surface area contributed by atoms with E-state index in [0.717, 1.165) is 17.9 Å². The molecule has 0 unspecified atom stereocenters. The molecule has 6 heteroatoms. The first kappa shape index (κ1) is 16.0. The van der Waals surface area contributed by atoms with E-state index in [1.54, 1.807) is 0 Å². The van der Waals surface area contributed by atoms with Gasteiger partial charge in [-0.25, -0.2) is 9.78 Å². The second-order valence-electron chi connectivity index (χ2n) is 5.27. The molecule has 0 fully saturated rings. The highest BCUT2D eigenvalue weighted by molar-refractivity contribution is 5.89. The summed E-state index contributed by atoms with van der Waals surface area (Å²) in [5.74, 6) is 1.49. The predicted molar refractivity (Wildman–Crippen MR) is 86.9 cm³/mol. The molecule has 118 valence electrons. The van der Waals surface area contributed by atoms with E-state index in [1.165, 1.54) is 18.4 Å². The summed E-state index contributed by atoms with van der Waals surface area (Å²) >= 11 is 0. The van der Waals surface area contributed by atoms with Crippen LogP contribution in [0.2, 0.25) is 0 Å². The lowest BCUT2D eigenvalue weighted by molar-refractivity contribution is 0.252. The Balaban J connectivity index is 1.72. The van der Waals surface area contributed by atoms with Crippen molar-refractivity contribution in [3.05, 3.63) is 41.5 Å². The highest BCUT2D eigenvalue weighted by Gasteiger charge is 2.03. The monoisotopic (exact) mass is 301 g/mol. The number of rotatable bonds is 7. The van der Waals surface area contributed by atoms with Crippen molar-refractivity contribution in [2.24, 2.45) is 0 Å². The van der Waals surface area contributed by atoms with E-state index >= 15 is 0 Å². The van der Waals surface area contributed by atoms with Crippen molar-refractivity contribution in [3.8, 4) is 0 Å². The zero-order chi connectivity index (χ0) is 15.8. The summed E-state index contributed by atoms with van der Waals surface area (Å²) in [6.07, 6.45) is 4.06. The van der Waals surface area contributed by atoms with Gasteiger partial charge in [-0.15, -0.1) is 0 Å². The molecule has 1 heterocycles. The molecule has 2 aromatic rings. The van der Waals surface area contributed by atoms with Crippen LogP contribution >= 0.6 is 0 Å². The van der Waals surface area contributed by atoms with Crippen LogP contribution < -0.4 is 10.6 Å². The molecule has 0 radical (unpaired) electrons. The van der Waals surface area contributed by atoms with Crippen LogP contribution in [0.15, 0.2) is 24.3 Å². The molecule has 0 saturated carbocycles. The van der Waals surface area contributed by atoms with E-state index in [-0.39, 0.29) is 6.03 Å². The van der Waals surface area contributed by atoms with Crippen molar-refractivity contribution < 1.29 is 4.79 Å². The molecule has 0 aliphatic heterocycles. The lowest BCUT2D eigenvalue weighted by Gasteiger charge is -2.07. The zero-order valence-corrected chi connectivity index (χ0v) is 13.1. The van der Waals surface area contributed by atoms with Gasteiger partial charge in [0.1, 0.15) is 5.82 Å². The van der Waals surface area contributed by atoms with Crippen LogP contribution in [-0.2, 0) is 12.8 Å². The minimum absolute atomic E-state index is 0.214. The lowest BCUT2D eigenvalue weighted by Crippen LogP contribution is -2.30. The standard InChI is InChI=1S/C16H23N5O/c1-3-4-5-13-6-8-14(9-7-13)19-16(22)17-11-10-15-18-12(2)20-21-15/h6-9H,3-5,10-11H2,1-2H3,(H2,17,19,22)(H,18,20,21). The van der Waals surface area contributed by atoms with Gasteiger partial charge >= 0.3 is 6.03 Å². The minimum Gasteiger partial charge on any atom is -0.337 e. The van der Waals surface area contributed by atoms with Gasteiger partial charge in [0, 0.05) is 18.7 Å². The quantitative estimate of drug-likeness (QED) is 0.735. The fourth-order valence-electron chi connectivity index (χ4n) is 2.10. The van der Waals surface area contributed by atoms with E-state index < -0.39 is 0 Å². The second-order valence-corrected chi connectivity index (χ2v) is 5.27. The number of urea groups is 1. The number of unbranched alkanes of at least 4 members (excludes halogenated alkanes) is 1. The van der Waals surface area contributed by atoms with Crippen molar-refractivity contribution in [2.75, 3.05) is 11.9 Å². The number of carbonyl (C=O) groups excluding carboxylic acids is 1. The number of nitrogens with one attached hydrogen (secondary N) is 3. The van der Waals surface area contributed by atoms with E-state index in [1.807, 2.05) is 19.1 Å². The number of carbonyl (C=O) groups is 1. The van der Waals surface area contributed by atoms with Crippen molar-refractivity contribution in [1.82, 2.24) is 20.5 Å². The summed E-state index contributed by atoms with van der Waals surface area (Å²) in [6.45, 7) is 4.53. The van der Waals surface area contributed by atoms with Crippen molar-refractivity contribution in [3.63, 3.8) is 0 Å². The Labute approximate surface area is 130 Å². The van der Waals surface area contributed by atoms with Crippen molar-refractivity contribution in [2.45, 2.75) is 39.5 Å². The third-order valence-electron chi connectivity index (χ3n) is 3.31. The molecular weight excluding hydrogens is 278 g/mol. The summed E-state index contributed by atoms with van der Waals surface area (Å²) in [6, 6.07) is 7.77. The molecule has 0 spiro atoms. The Morgan fingerprint density at radius 3 is 2.64 bits per heavy atom. The zero-order valence-electron chi connectivity index (χ0n) is 13.1. The SMILES string of the molecule is CCCCc1ccc(NC(=O)NCCc2n[nH]c(C)n2)cc1. The van der Waals surface area contributed by atoms with Crippen LogP contribution in [0.1, 0.15) is 37.0 Å². The maximum atomic E-state index is 11.8. The molecule has 22 heavy (non-hydrogen) atoms. The third kappa shape index (κ3) is 5.20. The fourth-order valence-corrected chi connectivity index (χ4v) is 2.10. The first-order valence-corrected chi connectivity index (χ1v) is 7.69. The average Bonchev–Trinajstić information content (AvgIpc) is 2.92. The number of benzene rings is 1. The maximum Gasteiger partial charge on any atom is 0.319 e. The molecule has 0 bridgehead atoms. The number of amides is 2. The largest absolute Gasteiger partial charge is 0.337 e. The predicted octanol–water partition coefficient (Wildman–Crippen LogP) is 2.82. The first-order chi connectivity index (χ1) is 10.7. The molecule has 2 rings (SSSR count). The molecule has 0 saturated heterocycles. The van der Waals surface area contributed by atoms with Gasteiger partial charge in [-0.2, -0.15) is 5.10 Å². The molecule has 0 atom stereocenters. The molecule has 1 aromatic heterocycles. The summed E-state index contributed by atoms with van der Waals surface area (Å²) in [7, 11) is 0. The highest BCUT2D eigenvalue weighted by Crippen LogP contribution is 2.11. The normalized spacial score (nSPS) is 10.5. The smallest absolute Gasteiger partial charge is 0.319 e. The first-order valence-electron chi connectivity index (χ1n) is 7.69. The molecule has 1 aromatic carbocycles. The number of nitrogens with zero attached hydrogens (tertiary/aromatic N) is 2. The summed E-state index contributed by atoms with van der Waals surface area (Å²) in [4.78, 5) is 16.0.